The lowest BCUT2D eigenvalue weighted by Gasteiger charge is -2.16. The largest absolute Gasteiger partial charge is 0.480 e. The Hall–Kier alpha value is -2.67. The lowest BCUT2D eigenvalue weighted by molar-refractivity contribution is -0.122. The van der Waals surface area contributed by atoms with Gasteiger partial charge in [0, 0.05) is 12.4 Å². The van der Waals surface area contributed by atoms with Crippen LogP contribution >= 0.6 is 15.9 Å². The quantitative estimate of drug-likeness (QED) is 0.707. The second-order valence-corrected chi connectivity index (χ2v) is 6.39. The minimum atomic E-state index is -0.648. The lowest BCUT2D eigenvalue weighted by Crippen LogP contribution is -2.30. The number of amides is 1. The molecule has 7 heteroatoms. The molecule has 1 N–H and O–H groups in total. The van der Waals surface area contributed by atoms with E-state index in [1.807, 2.05) is 31.2 Å². The number of hydrogen-bond acceptors (Lipinski definition) is 4. The molecule has 0 radical (unpaired) electrons. The van der Waals surface area contributed by atoms with Crippen molar-refractivity contribution in [2.75, 3.05) is 5.32 Å². The number of ether oxygens (including phenoxy) is 1. The Bertz CT molecular complexity index is 863. The highest BCUT2D eigenvalue weighted by Crippen LogP contribution is 2.26. The average molecular weight is 401 g/mol. The number of carbonyl (C=O) groups is 1. The molecule has 2 aromatic heterocycles. The summed E-state index contributed by atoms with van der Waals surface area (Å²) < 4.78 is 8.19. The first-order valence-corrected chi connectivity index (χ1v) is 8.52. The Kier molecular flexibility index (Phi) is 5.14. The van der Waals surface area contributed by atoms with Crippen molar-refractivity contribution in [1.82, 2.24) is 14.8 Å². The van der Waals surface area contributed by atoms with E-state index in [0.717, 1.165) is 10.0 Å². The van der Waals surface area contributed by atoms with Crippen LogP contribution in [0, 0.1) is 6.92 Å². The summed E-state index contributed by atoms with van der Waals surface area (Å²) in [5.74, 6) is 1.05. The number of hydrogen-bond donors (Lipinski definition) is 1. The van der Waals surface area contributed by atoms with Crippen LogP contribution in [0.5, 0.6) is 5.75 Å². The molecule has 25 heavy (non-hydrogen) atoms. The molecular weight excluding hydrogens is 384 g/mol. The standard InChI is InChI=1S/C18H17BrN4O2/c1-12-4-6-16(15(19)10-12)25-13(2)18(24)22-14-5-7-17(20-11-14)23-9-3-8-21-23/h3-11,13H,1-2H3,(H,22,24). The Morgan fingerprint density at radius 1 is 1.32 bits per heavy atom. The van der Waals surface area contributed by atoms with Gasteiger partial charge in [-0.3, -0.25) is 4.79 Å². The molecule has 3 aromatic rings. The maximum absolute atomic E-state index is 12.3. The number of benzene rings is 1. The molecule has 0 bridgehead atoms. The Morgan fingerprint density at radius 2 is 2.16 bits per heavy atom. The minimum Gasteiger partial charge on any atom is -0.480 e. The summed E-state index contributed by atoms with van der Waals surface area (Å²) in [5, 5.41) is 6.90. The second kappa shape index (κ2) is 7.48. The van der Waals surface area contributed by atoms with E-state index in [-0.39, 0.29) is 5.91 Å². The Morgan fingerprint density at radius 3 is 2.80 bits per heavy atom. The molecule has 0 fully saturated rings. The number of anilines is 1. The predicted octanol–water partition coefficient (Wildman–Crippen LogP) is 3.74. The van der Waals surface area contributed by atoms with Crippen LogP contribution in [0.15, 0.2) is 59.5 Å². The van der Waals surface area contributed by atoms with Crippen LogP contribution in [-0.4, -0.2) is 26.8 Å². The number of aromatic nitrogens is 3. The van der Waals surface area contributed by atoms with Crippen LogP contribution in [0.1, 0.15) is 12.5 Å². The summed E-state index contributed by atoms with van der Waals surface area (Å²) in [4.78, 5) is 16.6. The molecule has 6 nitrogen and oxygen atoms in total. The third kappa shape index (κ3) is 4.24. The van der Waals surface area contributed by atoms with Crippen LogP contribution in [0.2, 0.25) is 0 Å². The molecule has 128 valence electrons. The van der Waals surface area contributed by atoms with Gasteiger partial charge in [-0.05, 0) is 65.7 Å². The van der Waals surface area contributed by atoms with Gasteiger partial charge in [0.05, 0.1) is 16.4 Å². The van der Waals surface area contributed by atoms with Gasteiger partial charge in [0.1, 0.15) is 5.75 Å². The van der Waals surface area contributed by atoms with Crippen molar-refractivity contribution >= 4 is 27.5 Å². The average Bonchev–Trinajstić information content (AvgIpc) is 3.12. The van der Waals surface area contributed by atoms with Crippen molar-refractivity contribution in [1.29, 1.82) is 0 Å². The van der Waals surface area contributed by atoms with Crippen molar-refractivity contribution < 1.29 is 9.53 Å². The fourth-order valence-electron chi connectivity index (χ4n) is 2.19. The van der Waals surface area contributed by atoms with Gasteiger partial charge in [-0.15, -0.1) is 0 Å². The molecule has 0 aliphatic heterocycles. The molecule has 0 saturated heterocycles. The molecule has 0 aliphatic carbocycles. The summed E-state index contributed by atoms with van der Waals surface area (Å²) in [5.41, 5.74) is 1.71. The number of aryl methyl sites for hydroxylation is 1. The zero-order chi connectivity index (χ0) is 17.8. The van der Waals surface area contributed by atoms with E-state index in [0.29, 0.717) is 17.3 Å². The molecule has 3 rings (SSSR count). The van der Waals surface area contributed by atoms with Gasteiger partial charge < -0.3 is 10.1 Å². The number of nitrogens with zero attached hydrogens (tertiary/aromatic N) is 3. The number of pyridine rings is 1. The predicted molar refractivity (Wildman–Crippen MR) is 99.0 cm³/mol. The van der Waals surface area contributed by atoms with Crippen molar-refractivity contribution in [3.63, 3.8) is 0 Å². The molecule has 2 heterocycles. The van der Waals surface area contributed by atoms with Crippen molar-refractivity contribution in [2.45, 2.75) is 20.0 Å². The van der Waals surface area contributed by atoms with E-state index in [1.54, 1.807) is 42.3 Å². The molecule has 0 aliphatic rings. The summed E-state index contributed by atoms with van der Waals surface area (Å²) >= 11 is 3.44. The minimum absolute atomic E-state index is 0.249. The zero-order valence-corrected chi connectivity index (χ0v) is 15.4. The van der Waals surface area contributed by atoms with Gasteiger partial charge in [0.25, 0.3) is 5.91 Å². The fraction of sp³-hybridized carbons (Fsp3) is 0.167. The van der Waals surface area contributed by atoms with E-state index in [2.05, 4.69) is 31.3 Å². The monoisotopic (exact) mass is 400 g/mol. The van der Waals surface area contributed by atoms with Gasteiger partial charge in [0.15, 0.2) is 11.9 Å². The first kappa shape index (κ1) is 17.2. The van der Waals surface area contributed by atoms with E-state index in [1.165, 1.54) is 0 Å². The van der Waals surface area contributed by atoms with Gasteiger partial charge in [-0.25, -0.2) is 9.67 Å². The summed E-state index contributed by atoms with van der Waals surface area (Å²) in [6.07, 6.45) is 4.42. The third-order valence-electron chi connectivity index (χ3n) is 3.51. The fourth-order valence-corrected chi connectivity index (χ4v) is 2.78. The third-order valence-corrected chi connectivity index (χ3v) is 4.13. The molecule has 1 amide bonds. The SMILES string of the molecule is Cc1ccc(OC(C)C(=O)Nc2ccc(-n3cccn3)nc2)c(Br)c1. The van der Waals surface area contributed by atoms with Crippen LogP contribution in [0.3, 0.4) is 0 Å². The first-order chi connectivity index (χ1) is 12.0. The molecule has 1 atom stereocenters. The smallest absolute Gasteiger partial charge is 0.265 e. The molecule has 1 aromatic carbocycles. The highest BCUT2D eigenvalue weighted by molar-refractivity contribution is 9.10. The number of nitrogens with one attached hydrogen (secondary N) is 1. The second-order valence-electron chi connectivity index (χ2n) is 5.54. The normalized spacial score (nSPS) is 11.8. The Labute approximate surface area is 154 Å². The first-order valence-electron chi connectivity index (χ1n) is 7.72. The maximum Gasteiger partial charge on any atom is 0.265 e. The summed E-state index contributed by atoms with van der Waals surface area (Å²) in [6.45, 7) is 3.69. The molecular formula is C18H17BrN4O2. The Balaban J connectivity index is 1.63. The maximum atomic E-state index is 12.3. The van der Waals surface area contributed by atoms with Crippen molar-refractivity contribution in [3.8, 4) is 11.6 Å². The number of rotatable bonds is 5. The van der Waals surface area contributed by atoms with E-state index >= 15 is 0 Å². The summed E-state index contributed by atoms with van der Waals surface area (Å²) in [7, 11) is 0. The van der Waals surface area contributed by atoms with Crippen LogP contribution in [-0.2, 0) is 4.79 Å². The molecule has 0 saturated carbocycles. The van der Waals surface area contributed by atoms with Crippen molar-refractivity contribution in [3.05, 3.63) is 65.0 Å². The van der Waals surface area contributed by atoms with Crippen LogP contribution in [0.4, 0.5) is 5.69 Å². The van der Waals surface area contributed by atoms with E-state index in [9.17, 15) is 4.79 Å². The number of carbonyl (C=O) groups excluding carboxylic acids is 1. The van der Waals surface area contributed by atoms with Crippen LogP contribution in [0.25, 0.3) is 5.82 Å². The zero-order valence-electron chi connectivity index (χ0n) is 13.8. The highest BCUT2D eigenvalue weighted by atomic mass is 79.9. The number of halogens is 1. The van der Waals surface area contributed by atoms with E-state index in [4.69, 9.17) is 4.74 Å². The van der Waals surface area contributed by atoms with Gasteiger partial charge in [-0.2, -0.15) is 5.10 Å². The highest BCUT2D eigenvalue weighted by Gasteiger charge is 2.16. The topological polar surface area (TPSA) is 69.0 Å². The van der Waals surface area contributed by atoms with Gasteiger partial charge >= 0.3 is 0 Å². The van der Waals surface area contributed by atoms with E-state index < -0.39 is 6.10 Å². The van der Waals surface area contributed by atoms with Gasteiger partial charge in [0.2, 0.25) is 0 Å². The molecule has 0 spiro atoms. The van der Waals surface area contributed by atoms with Gasteiger partial charge in [-0.1, -0.05) is 6.07 Å². The van der Waals surface area contributed by atoms with Crippen LogP contribution < -0.4 is 10.1 Å². The lowest BCUT2D eigenvalue weighted by atomic mass is 10.2. The molecule has 1 unspecified atom stereocenters. The summed E-state index contributed by atoms with van der Waals surface area (Å²) in [6, 6.07) is 11.1. The van der Waals surface area contributed by atoms with Crippen molar-refractivity contribution in [2.24, 2.45) is 0 Å².